The average molecular weight is 361 g/mol. The van der Waals surface area contributed by atoms with Crippen molar-refractivity contribution in [3.8, 4) is 0 Å². The number of hydrogen-bond donors (Lipinski definition) is 1. The van der Waals surface area contributed by atoms with Gasteiger partial charge in [0, 0.05) is 38.1 Å². The predicted octanol–water partition coefficient (Wildman–Crippen LogP) is 2.28. The number of thiazole rings is 1. The third-order valence-electron chi connectivity index (χ3n) is 4.49. The molecule has 1 aliphatic rings. The van der Waals surface area contributed by atoms with Gasteiger partial charge < -0.3 is 10.6 Å². The zero-order valence-corrected chi connectivity index (χ0v) is 16.0. The maximum atomic E-state index is 12.5. The van der Waals surface area contributed by atoms with Gasteiger partial charge in [-0.25, -0.2) is 4.98 Å². The van der Waals surface area contributed by atoms with Crippen LogP contribution in [0.15, 0.2) is 5.38 Å². The Kier molecular flexibility index (Phi) is 8.47. The molecule has 0 aromatic carbocycles. The van der Waals surface area contributed by atoms with Crippen LogP contribution >= 0.6 is 23.7 Å². The molecule has 2 heterocycles. The number of amides is 1. The van der Waals surface area contributed by atoms with E-state index >= 15 is 0 Å². The van der Waals surface area contributed by atoms with Crippen LogP contribution in [-0.2, 0) is 11.3 Å². The van der Waals surface area contributed by atoms with Crippen LogP contribution in [0.1, 0.15) is 37.4 Å². The van der Waals surface area contributed by atoms with Gasteiger partial charge in [0.2, 0.25) is 5.91 Å². The number of rotatable bonds is 5. The Balaban J connectivity index is 0.00000264. The molecule has 2 unspecified atom stereocenters. The normalized spacial score (nSPS) is 18.9. The molecule has 0 aliphatic carbocycles. The monoisotopic (exact) mass is 360 g/mol. The predicted molar refractivity (Wildman–Crippen MR) is 98.0 cm³/mol. The van der Waals surface area contributed by atoms with Gasteiger partial charge in [0.05, 0.1) is 16.7 Å². The highest BCUT2D eigenvalue weighted by Gasteiger charge is 2.26. The first-order valence-corrected chi connectivity index (χ1v) is 9.07. The van der Waals surface area contributed by atoms with E-state index in [1.54, 1.807) is 11.3 Å². The maximum Gasteiger partial charge on any atom is 0.239 e. The second-order valence-electron chi connectivity index (χ2n) is 6.22. The number of nitrogens with zero attached hydrogens (tertiary/aromatic N) is 3. The van der Waals surface area contributed by atoms with Crippen molar-refractivity contribution in [3.05, 3.63) is 16.1 Å². The summed E-state index contributed by atoms with van der Waals surface area (Å²) in [7, 11) is 0. The molecule has 2 rings (SSSR count). The van der Waals surface area contributed by atoms with Crippen LogP contribution in [0.5, 0.6) is 0 Å². The van der Waals surface area contributed by atoms with E-state index in [1.807, 2.05) is 11.8 Å². The molecule has 0 bridgehead atoms. The number of hydrogen-bond acceptors (Lipinski definition) is 5. The van der Waals surface area contributed by atoms with Crippen LogP contribution in [0, 0.1) is 12.8 Å². The second-order valence-corrected chi connectivity index (χ2v) is 7.29. The summed E-state index contributed by atoms with van der Waals surface area (Å²) in [4.78, 5) is 21.4. The van der Waals surface area contributed by atoms with Crippen molar-refractivity contribution in [2.24, 2.45) is 11.7 Å². The minimum absolute atomic E-state index is 0. The quantitative estimate of drug-likeness (QED) is 0.875. The van der Waals surface area contributed by atoms with E-state index in [-0.39, 0.29) is 30.3 Å². The average Bonchev–Trinajstić information content (AvgIpc) is 2.78. The summed E-state index contributed by atoms with van der Waals surface area (Å²) in [6, 6.07) is -0.363. The molecule has 1 saturated heterocycles. The lowest BCUT2D eigenvalue weighted by Gasteiger charge is -2.27. The molecule has 1 fully saturated rings. The summed E-state index contributed by atoms with van der Waals surface area (Å²) >= 11 is 1.69. The van der Waals surface area contributed by atoms with Crippen LogP contribution in [0.2, 0.25) is 0 Å². The van der Waals surface area contributed by atoms with E-state index in [9.17, 15) is 4.79 Å². The molecule has 0 spiro atoms. The van der Waals surface area contributed by atoms with Gasteiger partial charge in [-0.2, -0.15) is 0 Å². The molecule has 2 N–H and O–H groups in total. The molecule has 1 amide bonds. The first-order chi connectivity index (χ1) is 10.5. The molecule has 7 heteroatoms. The Morgan fingerprint density at radius 1 is 1.39 bits per heavy atom. The molecule has 132 valence electrons. The molecule has 5 nitrogen and oxygen atoms in total. The zero-order valence-electron chi connectivity index (χ0n) is 14.3. The van der Waals surface area contributed by atoms with Gasteiger partial charge in [-0.3, -0.25) is 9.69 Å². The molecule has 0 radical (unpaired) electrons. The Bertz CT molecular complexity index is 496. The lowest BCUT2D eigenvalue weighted by atomic mass is 9.99. The molecule has 0 saturated carbocycles. The van der Waals surface area contributed by atoms with Gasteiger partial charge in [-0.05, 0) is 19.3 Å². The molecule has 2 atom stereocenters. The summed E-state index contributed by atoms with van der Waals surface area (Å²) < 4.78 is 0. The van der Waals surface area contributed by atoms with Crippen LogP contribution in [0.4, 0.5) is 0 Å². The highest BCUT2D eigenvalue weighted by atomic mass is 35.5. The highest BCUT2D eigenvalue weighted by molar-refractivity contribution is 7.09. The third kappa shape index (κ3) is 5.71. The smallest absolute Gasteiger partial charge is 0.239 e. The first-order valence-electron chi connectivity index (χ1n) is 8.19. The largest absolute Gasteiger partial charge is 0.340 e. The van der Waals surface area contributed by atoms with E-state index in [2.05, 4.69) is 29.1 Å². The number of carbonyl (C=O) groups is 1. The fraction of sp³-hybridized carbons (Fsp3) is 0.750. The van der Waals surface area contributed by atoms with Gasteiger partial charge >= 0.3 is 0 Å². The van der Waals surface area contributed by atoms with E-state index < -0.39 is 0 Å². The standard InChI is InChI=1S/C16H28N4OS.ClH/c1-4-12(2)15(17)16(21)20-7-5-6-19(8-9-20)10-14-11-22-13(3)18-14;/h11-12,15H,4-10,17H2,1-3H3;1H. The summed E-state index contributed by atoms with van der Waals surface area (Å²) in [6.07, 6.45) is 1.94. The van der Waals surface area contributed by atoms with Crippen molar-refractivity contribution in [2.45, 2.75) is 46.2 Å². The lowest BCUT2D eigenvalue weighted by molar-refractivity contribution is -0.133. The lowest BCUT2D eigenvalue weighted by Crippen LogP contribution is -2.48. The summed E-state index contributed by atoms with van der Waals surface area (Å²) in [6.45, 7) is 10.5. The minimum atomic E-state index is -0.363. The van der Waals surface area contributed by atoms with Crippen LogP contribution in [0.3, 0.4) is 0 Å². The van der Waals surface area contributed by atoms with Crippen molar-refractivity contribution in [1.29, 1.82) is 0 Å². The minimum Gasteiger partial charge on any atom is -0.340 e. The third-order valence-corrected chi connectivity index (χ3v) is 5.32. The number of carbonyl (C=O) groups excluding carboxylic acids is 1. The van der Waals surface area contributed by atoms with E-state index in [1.165, 1.54) is 0 Å². The van der Waals surface area contributed by atoms with Crippen molar-refractivity contribution in [3.63, 3.8) is 0 Å². The number of halogens is 1. The van der Waals surface area contributed by atoms with E-state index in [4.69, 9.17) is 5.73 Å². The second kappa shape index (κ2) is 9.57. The SMILES string of the molecule is CCC(C)C(N)C(=O)N1CCCN(Cc2csc(C)n2)CC1.Cl. The Morgan fingerprint density at radius 2 is 2.13 bits per heavy atom. The highest BCUT2D eigenvalue weighted by Crippen LogP contribution is 2.14. The Hall–Kier alpha value is -0.690. The first kappa shape index (κ1) is 20.4. The number of aryl methyl sites for hydroxylation is 1. The van der Waals surface area contributed by atoms with Gasteiger partial charge in [0.1, 0.15) is 0 Å². The van der Waals surface area contributed by atoms with Gasteiger partial charge in [-0.1, -0.05) is 20.3 Å². The van der Waals surface area contributed by atoms with Crippen LogP contribution < -0.4 is 5.73 Å². The molecular weight excluding hydrogens is 332 g/mol. The van der Waals surface area contributed by atoms with Crippen molar-refractivity contribution in [2.75, 3.05) is 26.2 Å². The van der Waals surface area contributed by atoms with Crippen molar-refractivity contribution in [1.82, 2.24) is 14.8 Å². The molecular formula is C16H29ClN4OS. The van der Waals surface area contributed by atoms with Crippen LogP contribution in [-0.4, -0.2) is 52.9 Å². The van der Waals surface area contributed by atoms with Gasteiger partial charge in [0.15, 0.2) is 0 Å². The molecule has 1 aromatic heterocycles. The fourth-order valence-corrected chi connectivity index (χ4v) is 3.37. The topological polar surface area (TPSA) is 62.5 Å². The fourth-order valence-electron chi connectivity index (χ4n) is 2.77. The maximum absolute atomic E-state index is 12.5. The summed E-state index contributed by atoms with van der Waals surface area (Å²) in [5.74, 6) is 0.352. The molecule has 1 aromatic rings. The van der Waals surface area contributed by atoms with Crippen LogP contribution in [0.25, 0.3) is 0 Å². The molecule has 1 aliphatic heterocycles. The summed E-state index contributed by atoms with van der Waals surface area (Å²) in [5, 5.41) is 3.24. The zero-order chi connectivity index (χ0) is 16.1. The Labute approximate surface area is 149 Å². The van der Waals surface area contributed by atoms with E-state index in [0.29, 0.717) is 0 Å². The van der Waals surface area contributed by atoms with Crippen molar-refractivity contribution < 1.29 is 4.79 Å². The van der Waals surface area contributed by atoms with E-state index in [0.717, 1.165) is 56.3 Å². The van der Waals surface area contributed by atoms with Gasteiger partial charge in [0.25, 0.3) is 0 Å². The number of aromatic nitrogens is 1. The molecule has 23 heavy (non-hydrogen) atoms. The summed E-state index contributed by atoms with van der Waals surface area (Å²) in [5.41, 5.74) is 7.24. The Morgan fingerprint density at radius 3 is 2.74 bits per heavy atom. The van der Waals surface area contributed by atoms with Gasteiger partial charge in [-0.15, -0.1) is 23.7 Å². The van der Waals surface area contributed by atoms with Crippen molar-refractivity contribution >= 4 is 29.7 Å². The number of nitrogens with two attached hydrogens (primary N) is 1.